The van der Waals surface area contributed by atoms with E-state index in [1.165, 1.54) is 23.5 Å². The molecule has 2 heterocycles. The molecule has 0 aliphatic heterocycles. The van der Waals surface area contributed by atoms with Crippen LogP contribution in [0.15, 0.2) is 76.7 Å². The number of nitro benzene ring substituents is 1. The van der Waals surface area contributed by atoms with Crippen molar-refractivity contribution in [1.29, 1.82) is 5.26 Å². The Bertz CT molecular complexity index is 1630. The maximum Gasteiger partial charge on any atom is 0.270 e. The number of nitriles is 1. The van der Waals surface area contributed by atoms with Crippen molar-refractivity contribution in [3.05, 3.63) is 87.4 Å². The Kier molecular flexibility index (Phi) is 5.41. The van der Waals surface area contributed by atoms with E-state index in [0.29, 0.717) is 38.9 Å². The van der Waals surface area contributed by atoms with Gasteiger partial charge in [0.25, 0.3) is 5.69 Å². The van der Waals surface area contributed by atoms with Crippen molar-refractivity contribution in [3.63, 3.8) is 0 Å². The molecule has 0 spiro atoms. The highest BCUT2D eigenvalue weighted by molar-refractivity contribution is 7.11. The number of fused-ring (bicyclic) bond motifs is 3. The number of benzene rings is 3. The minimum Gasteiger partial charge on any atom is -0.495 e. The minimum absolute atomic E-state index is 0.0159. The molecule has 3 aromatic carbocycles. The fourth-order valence-electron chi connectivity index (χ4n) is 3.63. The molecule has 8 nitrogen and oxygen atoms in total. The number of nitrogens with one attached hydrogen (secondary N) is 1. The summed E-state index contributed by atoms with van der Waals surface area (Å²) >= 11 is 1.28. The standard InChI is InChI=1S/C25H16N4O4S/c1-32-24-10-19-18-7-2-3-8-22(18)33-23(19)11-20(24)27-13-16(12-26)25-28-21(14-34-25)15-5-4-6-17(9-15)29(30)31/h2-11,13-14,27H,1H3. The summed E-state index contributed by atoms with van der Waals surface area (Å²) in [5.74, 6) is 0.601. The van der Waals surface area contributed by atoms with Gasteiger partial charge in [-0.05, 0) is 12.1 Å². The summed E-state index contributed by atoms with van der Waals surface area (Å²) in [4.78, 5) is 15.1. The van der Waals surface area contributed by atoms with Crippen LogP contribution in [-0.4, -0.2) is 17.0 Å². The summed E-state index contributed by atoms with van der Waals surface area (Å²) in [6.45, 7) is 0. The largest absolute Gasteiger partial charge is 0.495 e. The van der Waals surface area contributed by atoms with E-state index in [2.05, 4.69) is 16.4 Å². The average Bonchev–Trinajstić information content (AvgIpc) is 3.49. The number of hydrogen-bond acceptors (Lipinski definition) is 8. The van der Waals surface area contributed by atoms with Gasteiger partial charge in [0.1, 0.15) is 33.6 Å². The van der Waals surface area contributed by atoms with Crippen LogP contribution < -0.4 is 10.1 Å². The predicted molar refractivity (Wildman–Crippen MR) is 132 cm³/mol. The summed E-state index contributed by atoms with van der Waals surface area (Å²) in [6.07, 6.45) is 1.56. The fraction of sp³-hybridized carbons (Fsp3) is 0.0400. The lowest BCUT2D eigenvalue weighted by atomic mass is 10.1. The summed E-state index contributed by atoms with van der Waals surface area (Å²) in [5.41, 5.74) is 3.58. The van der Waals surface area contributed by atoms with E-state index in [1.807, 2.05) is 36.4 Å². The van der Waals surface area contributed by atoms with Crippen molar-refractivity contribution < 1.29 is 14.1 Å². The molecule has 0 bridgehead atoms. The molecule has 166 valence electrons. The van der Waals surface area contributed by atoms with Gasteiger partial charge in [0, 0.05) is 46.1 Å². The molecule has 0 amide bonds. The van der Waals surface area contributed by atoms with Crippen LogP contribution in [0, 0.1) is 21.4 Å². The number of para-hydroxylation sites is 1. The number of hydrogen-bond donors (Lipinski definition) is 1. The molecule has 0 aliphatic rings. The molecule has 2 aromatic heterocycles. The Hall–Kier alpha value is -4.68. The molecule has 0 saturated carbocycles. The molecule has 0 aliphatic carbocycles. The number of methoxy groups -OCH3 is 1. The van der Waals surface area contributed by atoms with E-state index in [4.69, 9.17) is 9.15 Å². The number of anilines is 1. The third-order valence-electron chi connectivity index (χ3n) is 5.28. The number of nitro groups is 1. The minimum atomic E-state index is -0.451. The quantitative estimate of drug-likeness (QED) is 0.169. The van der Waals surface area contributed by atoms with Gasteiger partial charge < -0.3 is 14.5 Å². The molecule has 5 aromatic rings. The van der Waals surface area contributed by atoms with Crippen molar-refractivity contribution in [2.75, 3.05) is 12.4 Å². The van der Waals surface area contributed by atoms with E-state index in [0.717, 1.165) is 16.4 Å². The number of aromatic nitrogens is 1. The number of thiazole rings is 1. The number of rotatable bonds is 6. The zero-order valence-electron chi connectivity index (χ0n) is 17.8. The predicted octanol–water partition coefficient (Wildman–Crippen LogP) is 6.60. The first-order valence-electron chi connectivity index (χ1n) is 10.1. The zero-order valence-corrected chi connectivity index (χ0v) is 18.6. The van der Waals surface area contributed by atoms with Gasteiger partial charge in [0.15, 0.2) is 0 Å². The second-order valence-electron chi connectivity index (χ2n) is 7.31. The number of nitrogens with zero attached hydrogens (tertiary/aromatic N) is 3. The van der Waals surface area contributed by atoms with Crippen LogP contribution in [-0.2, 0) is 0 Å². The van der Waals surface area contributed by atoms with Gasteiger partial charge in [-0.3, -0.25) is 10.1 Å². The highest BCUT2D eigenvalue weighted by atomic mass is 32.1. The molecule has 0 saturated heterocycles. The lowest BCUT2D eigenvalue weighted by molar-refractivity contribution is -0.384. The summed E-state index contributed by atoms with van der Waals surface area (Å²) in [7, 11) is 1.58. The van der Waals surface area contributed by atoms with Gasteiger partial charge in [-0.1, -0.05) is 30.3 Å². The lowest BCUT2D eigenvalue weighted by Gasteiger charge is -2.08. The smallest absolute Gasteiger partial charge is 0.270 e. The Balaban J connectivity index is 1.47. The van der Waals surface area contributed by atoms with Crippen molar-refractivity contribution in [2.24, 2.45) is 0 Å². The first kappa shape index (κ1) is 21.2. The van der Waals surface area contributed by atoms with Crippen LogP contribution in [0.25, 0.3) is 38.8 Å². The van der Waals surface area contributed by atoms with Crippen molar-refractivity contribution in [3.8, 4) is 23.1 Å². The van der Waals surface area contributed by atoms with Crippen LogP contribution in [0.5, 0.6) is 5.75 Å². The van der Waals surface area contributed by atoms with E-state index < -0.39 is 4.92 Å². The van der Waals surface area contributed by atoms with Crippen LogP contribution >= 0.6 is 11.3 Å². The van der Waals surface area contributed by atoms with Crippen molar-refractivity contribution in [1.82, 2.24) is 4.98 Å². The van der Waals surface area contributed by atoms with Gasteiger partial charge in [0.2, 0.25) is 0 Å². The fourth-order valence-corrected chi connectivity index (χ4v) is 4.43. The second kappa shape index (κ2) is 8.69. The molecule has 0 radical (unpaired) electrons. The van der Waals surface area contributed by atoms with Gasteiger partial charge in [0.05, 0.1) is 23.4 Å². The molecule has 5 rings (SSSR count). The number of allylic oxidation sites excluding steroid dienone is 1. The van der Waals surface area contributed by atoms with Crippen molar-refractivity contribution in [2.45, 2.75) is 0 Å². The van der Waals surface area contributed by atoms with E-state index in [1.54, 1.807) is 30.8 Å². The summed E-state index contributed by atoms with van der Waals surface area (Å²) < 4.78 is 11.5. The van der Waals surface area contributed by atoms with Gasteiger partial charge in [-0.15, -0.1) is 11.3 Å². The first-order chi connectivity index (χ1) is 16.6. The van der Waals surface area contributed by atoms with Crippen LogP contribution in [0.2, 0.25) is 0 Å². The van der Waals surface area contributed by atoms with Crippen molar-refractivity contribution >= 4 is 50.2 Å². The average molecular weight is 468 g/mol. The molecule has 9 heteroatoms. The third kappa shape index (κ3) is 3.83. The van der Waals surface area contributed by atoms with Crippen LogP contribution in [0.4, 0.5) is 11.4 Å². The Morgan fingerprint density at radius 3 is 2.82 bits per heavy atom. The van der Waals surface area contributed by atoms with E-state index in [9.17, 15) is 15.4 Å². The maximum atomic E-state index is 11.1. The van der Waals surface area contributed by atoms with E-state index in [-0.39, 0.29) is 5.69 Å². The lowest BCUT2D eigenvalue weighted by Crippen LogP contribution is -1.95. The van der Waals surface area contributed by atoms with Crippen LogP contribution in [0.1, 0.15) is 5.01 Å². The monoisotopic (exact) mass is 468 g/mol. The Morgan fingerprint density at radius 1 is 1.18 bits per heavy atom. The van der Waals surface area contributed by atoms with Gasteiger partial charge in [-0.25, -0.2) is 4.98 Å². The highest BCUT2D eigenvalue weighted by Gasteiger charge is 2.14. The molecule has 0 unspecified atom stereocenters. The molecule has 1 N–H and O–H groups in total. The van der Waals surface area contributed by atoms with Gasteiger partial charge in [-0.2, -0.15) is 5.26 Å². The molecule has 0 atom stereocenters. The topological polar surface area (TPSA) is 114 Å². The third-order valence-corrected chi connectivity index (χ3v) is 6.15. The summed E-state index contributed by atoms with van der Waals surface area (Å²) in [6, 6.07) is 19.9. The summed E-state index contributed by atoms with van der Waals surface area (Å²) in [5, 5.41) is 28.1. The Labute approximate surface area is 197 Å². The van der Waals surface area contributed by atoms with Crippen LogP contribution in [0.3, 0.4) is 0 Å². The number of non-ortho nitro benzene ring substituents is 1. The number of ether oxygens (including phenoxy) is 1. The van der Waals surface area contributed by atoms with Gasteiger partial charge >= 0.3 is 0 Å². The molecule has 0 fully saturated rings. The number of furan rings is 1. The molecular weight excluding hydrogens is 452 g/mol. The maximum absolute atomic E-state index is 11.1. The first-order valence-corrected chi connectivity index (χ1v) is 11.0. The second-order valence-corrected chi connectivity index (χ2v) is 8.16. The normalized spacial score (nSPS) is 11.5. The molecule has 34 heavy (non-hydrogen) atoms. The highest BCUT2D eigenvalue weighted by Crippen LogP contribution is 2.37. The SMILES string of the molecule is COc1cc2c(cc1NC=C(C#N)c1nc(-c3cccc([N+](=O)[O-])c3)cs1)oc1ccccc12. The molecular formula is C25H16N4O4S. The zero-order chi connectivity index (χ0) is 23.7. The van der Waals surface area contributed by atoms with E-state index >= 15 is 0 Å². The Morgan fingerprint density at radius 2 is 2.03 bits per heavy atom.